The average Bonchev–Trinajstić information content (AvgIpc) is 3.09. The second kappa shape index (κ2) is 8.95. The maximum absolute atomic E-state index is 13.4. The van der Waals surface area contributed by atoms with Crippen molar-refractivity contribution in [1.82, 2.24) is 10.6 Å². The number of halogens is 2. The van der Waals surface area contributed by atoms with E-state index in [2.05, 4.69) is 10.6 Å². The van der Waals surface area contributed by atoms with Crippen molar-refractivity contribution in [2.75, 3.05) is 4.90 Å². The molecule has 3 aromatic carbocycles. The number of carbonyl (C=O) groups is 1. The zero-order valence-electron chi connectivity index (χ0n) is 15.9. The third-order valence-electron chi connectivity index (χ3n) is 4.73. The van der Waals surface area contributed by atoms with Crippen LogP contribution in [0.3, 0.4) is 0 Å². The smallest absolute Gasteiger partial charge is 0.317 e. The lowest BCUT2D eigenvalue weighted by atomic mass is 10.1. The molecule has 0 aliphatic carbocycles. The molecule has 1 heterocycles. The van der Waals surface area contributed by atoms with Gasteiger partial charge in [-0.05, 0) is 41.5 Å². The maximum Gasteiger partial charge on any atom is 0.317 e. The molecular weight excluding hydrogens is 423 g/mol. The minimum absolute atomic E-state index is 0.216. The molecule has 4 N–H and O–H groups in total. The van der Waals surface area contributed by atoms with E-state index in [1.807, 2.05) is 47.4 Å². The first-order valence-electron chi connectivity index (χ1n) is 9.38. The first kappa shape index (κ1) is 20.5. The molecule has 2 amide bonds. The number of nitrogens with zero attached hydrogens (tertiary/aromatic N) is 1. The number of urea groups is 1. The van der Waals surface area contributed by atoms with Gasteiger partial charge >= 0.3 is 6.03 Å². The second-order valence-electron chi connectivity index (χ2n) is 6.72. The van der Waals surface area contributed by atoms with E-state index in [0.29, 0.717) is 17.1 Å². The summed E-state index contributed by atoms with van der Waals surface area (Å²) in [6.07, 6.45) is 0. The van der Waals surface area contributed by atoms with E-state index in [9.17, 15) is 9.18 Å². The molecule has 1 aliphatic heterocycles. The van der Waals surface area contributed by atoms with Crippen molar-refractivity contribution in [2.45, 2.75) is 23.5 Å². The first-order chi connectivity index (χ1) is 14.6. The fraction of sp³-hybridized carbons (Fsp3) is 0.136. The lowest BCUT2D eigenvalue weighted by molar-refractivity contribution is 0.240. The Balaban J connectivity index is 1.57. The van der Waals surface area contributed by atoms with Gasteiger partial charge in [0.05, 0.1) is 16.4 Å². The van der Waals surface area contributed by atoms with E-state index >= 15 is 0 Å². The van der Waals surface area contributed by atoms with Crippen molar-refractivity contribution >= 4 is 40.8 Å². The van der Waals surface area contributed by atoms with Gasteiger partial charge < -0.3 is 21.3 Å². The first-order valence-corrected chi connectivity index (χ1v) is 10.6. The van der Waals surface area contributed by atoms with Gasteiger partial charge in [0.1, 0.15) is 5.82 Å². The zero-order chi connectivity index (χ0) is 21.1. The number of hydrogen-bond acceptors (Lipinski definition) is 4. The summed E-state index contributed by atoms with van der Waals surface area (Å²) in [6, 6.07) is 19.2. The Labute approximate surface area is 183 Å². The molecule has 8 heteroatoms. The Morgan fingerprint density at radius 2 is 1.93 bits per heavy atom. The van der Waals surface area contributed by atoms with E-state index in [4.69, 9.17) is 17.3 Å². The highest BCUT2D eigenvalue weighted by Crippen LogP contribution is 2.49. The number of para-hydroxylation sites is 2. The Morgan fingerprint density at radius 1 is 1.13 bits per heavy atom. The number of carbonyl (C=O) groups excluding carboxylic acids is 1. The Kier molecular flexibility index (Phi) is 6.13. The highest BCUT2D eigenvalue weighted by Gasteiger charge is 2.34. The summed E-state index contributed by atoms with van der Waals surface area (Å²) in [5.41, 5.74) is 8.82. The van der Waals surface area contributed by atoms with E-state index in [1.165, 1.54) is 23.9 Å². The molecule has 4 rings (SSSR count). The largest absolute Gasteiger partial charge is 0.334 e. The molecule has 1 unspecified atom stereocenters. The number of benzene rings is 3. The molecule has 0 saturated heterocycles. The minimum atomic E-state index is -0.417. The van der Waals surface area contributed by atoms with Gasteiger partial charge in [-0.25, -0.2) is 9.18 Å². The molecule has 0 radical (unpaired) electrons. The van der Waals surface area contributed by atoms with Crippen LogP contribution in [0.5, 0.6) is 0 Å². The van der Waals surface area contributed by atoms with Crippen molar-refractivity contribution in [1.29, 1.82) is 0 Å². The van der Waals surface area contributed by atoms with Gasteiger partial charge in [0.2, 0.25) is 0 Å². The summed E-state index contributed by atoms with van der Waals surface area (Å²) >= 11 is 8.06. The van der Waals surface area contributed by atoms with Gasteiger partial charge in [-0.15, -0.1) is 0 Å². The summed E-state index contributed by atoms with van der Waals surface area (Å²) in [5, 5.41) is 6.32. The van der Waals surface area contributed by atoms with Crippen LogP contribution in [0, 0.1) is 5.82 Å². The number of nitrogens with two attached hydrogens (primary N) is 1. The number of fused-ring (bicyclic) bond motifs is 1. The highest BCUT2D eigenvalue weighted by atomic mass is 35.5. The third-order valence-corrected chi connectivity index (χ3v) is 6.18. The summed E-state index contributed by atoms with van der Waals surface area (Å²) in [6.45, 7) is 0.534. The Morgan fingerprint density at radius 3 is 2.73 bits per heavy atom. The molecule has 0 aromatic heterocycles. The predicted octanol–water partition coefficient (Wildman–Crippen LogP) is 4.96. The number of amides is 2. The maximum atomic E-state index is 13.4. The average molecular weight is 443 g/mol. The van der Waals surface area contributed by atoms with Crippen LogP contribution in [-0.2, 0) is 13.1 Å². The highest BCUT2D eigenvalue weighted by molar-refractivity contribution is 8.00. The summed E-state index contributed by atoms with van der Waals surface area (Å²) in [5.74, 6) is -0.337. The molecule has 5 nitrogen and oxygen atoms in total. The fourth-order valence-corrected chi connectivity index (χ4v) is 4.83. The van der Waals surface area contributed by atoms with E-state index in [0.717, 1.165) is 21.8 Å². The van der Waals surface area contributed by atoms with Gasteiger partial charge in [-0.1, -0.05) is 59.8 Å². The van der Waals surface area contributed by atoms with Crippen LogP contribution in [0.1, 0.15) is 11.1 Å². The zero-order valence-corrected chi connectivity index (χ0v) is 17.5. The number of thioether (sulfide) groups is 1. The molecule has 0 fully saturated rings. The quantitative estimate of drug-likeness (QED) is 0.522. The van der Waals surface area contributed by atoms with Crippen LogP contribution in [0.2, 0.25) is 5.02 Å². The van der Waals surface area contributed by atoms with E-state index < -0.39 is 5.50 Å². The van der Waals surface area contributed by atoms with Crippen molar-refractivity contribution in [3.05, 3.63) is 88.7 Å². The normalized spacial score (nSPS) is 15.0. The number of hydrogen-bond donors (Lipinski definition) is 3. The van der Waals surface area contributed by atoms with Gasteiger partial charge in [0.25, 0.3) is 0 Å². The van der Waals surface area contributed by atoms with Crippen LogP contribution in [-0.4, -0.2) is 11.5 Å². The molecule has 0 spiro atoms. The van der Waals surface area contributed by atoms with Crippen molar-refractivity contribution in [3.63, 3.8) is 0 Å². The summed E-state index contributed by atoms with van der Waals surface area (Å²) in [4.78, 5) is 15.6. The number of anilines is 2. The molecule has 154 valence electrons. The van der Waals surface area contributed by atoms with E-state index in [1.54, 1.807) is 12.1 Å². The molecular formula is C22H20ClFN4OS. The Bertz CT molecular complexity index is 1080. The van der Waals surface area contributed by atoms with Gasteiger partial charge in [0, 0.05) is 18.0 Å². The monoisotopic (exact) mass is 442 g/mol. The molecule has 1 aliphatic rings. The number of nitrogens with one attached hydrogen (secondary N) is 2. The van der Waals surface area contributed by atoms with Gasteiger partial charge in [0.15, 0.2) is 5.50 Å². The molecule has 1 atom stereocenters. The lowest BCUT2D eigenvalue weighted by Crippen LogP contribution is -2.46. The van der Waals surface area contributed by atoms with Crippen LogP contribution < -0.4 is 21.3 Å². The SMILES string of the molecule is NCc1cccc(Cl)c1N1c2ccccc2SC1NC(=O)NCc1cccc(F)c1. The molecule has 0 saturated carbocycles. The van der Waals surface area contributed by atoms with Crippen LogP contribution in [0.25, 0.3) is 0 Å². The standard InChI is InChI=1S/C22H20ClFN4OS/c23-17-8-4-6-15(12-25)20(17)28-18-9-1-2-10-19(18)30-22(28)27-21(29)26-13-14-5-3-7-16(24)11-14/h1-11,22H,12-13,25H2,(H2,26,27,29). The van der Waals surface area contributed by atoms with Gasteiger partial charge in [-0.2, -0.15) is 0 Å². The van der Waals surface area contributed by atoms with Crippen molar-refractivity contribution in [2.24, 2.45) is 5.73 Å². The number of rotatable bonds is 5. The predicted molar refractivity (Wildman–Crippen MR) is 119 cm³/mol. The van der Waals surface area contributed by atoms with Crippen molar-refractivity contribution < 1.29 is 9.18 Å². The molecule has 3 aromatic rings. The van der Waals surface area contributed by atoms with Crippen LogP contribution in [0.4, 0.5) is 20.6 Å². The topological polar surface area (TPSA) is 70.4 Å². The van der Waals surface area contributed by atoms with Crippen LogP contribution >= 0.6 is 23.4 Å². The van der Waals surface area contributed by atoms with Crippen molar-refractivity contribution in [3.8, 4) is 0 Å². The lowest BCUT2D eigenvalue weighted by Gasteiger charge is -2.30. The second-order valence-corrected chi connectivity index (χ2v) is 8.25. The summed E-state index contributed by atoms with van der Waals surface area (Å²) in [7, 11) is 0. The third kappa shape index (κ3) is 4.23. The van der Waals surface area contributed by atoms with Crippen LogP contribution in [0.15, 0.2) is 71.6 Å². The van der Waals surface area contributed by atoms with E-state index in [-0.39, 0.29) is 18.4 Å². The summed E-state index contributed by atoms with van der Waals surface area (Å²) < 4.78 is 13.4. The minimum Gasteiger partial charge on any atom is -0.334 e. The molecule has 30 heavy (non-hydrogen) atoms. The Hall–Kier alpha value is -2.74. The molecule has 0 bridgehead atoms. The fourth-order valence-electron chi connectivity index (χ4n) is 3.37. The van der Waals surface area contributed by atoms with Gasteiger partial charge in [-0.3, -0.25) is 0 Å².